The Morgan fingerprint density at radius 2 is 1.95 bits per heavy atom. The monoisotopic (exact) mass is 289 g/mol. The van der Waals surface area contributed by atoms with Crippen LogP contribution in [-0.4, -0.2) is 20.3 Å². The van der Waals surface area contributed by atoms with Crippen LogP contribution in [0.5, 0.6) is 11.5 Å². The van der Waals surface area contributed by atoms with Crippen molar-refractivity contribution in [2.75, 3.05) is 20.3 Å². The minimum Gasteiger partial charge on any atom is -0.497 e. The molecule has 21 heavy (non-hydrogen) atoms. The van der Waals surface area contributed by atoms with E-state index >= 15 is 0 Å². The van der Waals surface area contributed by atoms with Crippen LogP contribution in [0.2, 0.25) is 0 Å². The maximum atomic E-state index is 5.76. The lowest BCUT2D eigenvalue weighted by atomic mass is 9.99. The Balaban J connectivity index is 1.71. The van der Waals surface area contributed by atoms with Crippen molar-refractivity contribution in [1.29, 1.82) is 0 Å². The normalized spacial score (nSPS) is 25.9. The molecule has 0 aromatic heterocycles. The van der Waals surface area contributed by atoms with Crippen LogP contribution in [0.4, 0.5) is 0 Å². The number of ether oxygens (including phenoxy) is 2. The second-order valence-corrected chi connectivity index (χ2v) is 7.50. The number of hydrogen-bond donors (Lipinski definition) is 1. The second kappa shape index (κ2) is 4.91. The molecule has 0 saturated heterocycles. The molecule has 3 rings (SSSR count). The number of rotatable bonds is 4. The van der Waals surface area contributed by atoms with E-state index in [1.54, 1.807) is 7.11 Å². The summed E-state index contributed by atoms with van der Waals surface area (Å²) >= 11 is 0. The molecule has 1 aliphatic carbocycles. The molecule has 0 bridgehead atoms. The van der Waals surface area contributed by atoms with E-state index in [4.69, 9.17) is 9.47 Å². The molecule has 1 atom stereocenters. The zero-order valence-corrected chi connectivity index (χ0v) is 13.8. The number of fused-ring (bicyclic) bond motifs is 1. The summed E-state index contributed by atoms with van der Waals surface area (Å²) < 4.78 is 11.1. The van der Waals surface area contributed by atoms with Crippen LogP contribution >= 0.6 is 0 Å². The van der Waals surface area contributed by atoms with Gasteiger partial charge in [0.25, 0.3) is 0 Å². The van der Waals surface area contributed by atoms with E-state index in [-0.39, 0.29) is 0 Å². The highest BCUT2D eigenvalue weighted by molar-refractivity contribution is 5.43. The third-order valence-electron chi connectivity index (χ3n) is 6.14. The summed E-state index contributed by atoms with van der Waals surface area (Å²) in [5.74, 6) is 2.63. The van der Waals surface area contributed by atoms with Gasteiger partial charge in [-0.3, -0.25) is 0 Å². The van der Waals surface area contributed by atoms with Crippen LogP contribution < -0.4 is 14.8 Å². The number of benzene rings is 1. The predicted octanol–water partition coefficient (Wildman–Crippen LogP) is 3.79. The summed E-state index contributed by atoms with van der Waals surface area (Å²) in [6.45, 7) is 11.4. The lowest BCUT2D eigenvalue weighted by Gasteiger charge is -2.27. The summed E-state index contributed by atoms with van der Waals surface area (Å²) in [4.78, 5) is 0. The van der Waals surface area contributed by atoms with Gasteiger partial charge in [0, 0.05) is 18.0 Å². The molecule has 3 heteroatoms. The molecule has 3 nitrogen and oxygen atoms in total. The minimum atomic E-state index is 0.371. The Bertz CT molecular complexity index is 522. The zero-order valence-electron chi connectivity index (χ0n) is 13.8. The highest BCUT2D eigenvalue weighted by Gasteiger charge is 2.63. The molecule has 0 radical (unpaired) electrons. The van der Waals surface area contributed by atoms with Gasteiger partial charge in [0.2, 0.25) is 0 Å². The molecule has 1 unspecified atom stereocenters. The lowest BCUT2D eigenvalue weighted by molar-refractivity contribution is 0.249. The number of methoxy groups -OCH3 is 1. The van der Waals surface area contributed by atoms with Gasteiger partial charge in [-0.1, -0.05) is 27.7 Å². The largest absolute Gasteiger partial charge is 0.497 e. The van der Waals surface area contributed by atoms with Gasteiger partial charge in [-0.2, -0.15) is 0 Å². The average Bonchev–Trinajstić information content (AvgIpc) is 2.85. The van der Waals surface area contributed by atoms with E-state index in [0.717, 1.165) is 37.0 Å². The van der Waals surface area contributed by atoms with Gasteiger partial charge in [-0.05, 0) is 41.5 Å². The molecule has 116 valence electrons. The van der Waals surface area contributed by atoms with Gasteiger partial charge in [0.15, 0.2) is 0 Å². The van der Waals surface area contributed by atoms with Gasteiger partial charge in [0.05, 0.1) is 13.7 Å². The van der Waals surface area contributed by atoms with E-state index in [9.17, 15) is 0 Å². The molecule has 0 amide bonds. The maximum absolute atomic E-state index is 5.76. The first-order valence-corrected chi connectivity index (χ1v) is 7.92. The van der Waals surface area contributed by atoms with Crippen molar-refractivity contribution in [2.45, 2.75) is 40.2 Å². The average molecular weight is 289 g/mol. The van der Waals surface area contributed by atoms with Crippen molar-refractivity contribution in [1.82, 2.24) is 5.32 Å². The second-order valence-electron chi connectivity index (χ2n) is 7.50. The van der Waals surface area contributed by atoms with Crippen molar-refractivity contribution in [3.63, 3.8) is 0 Å². The van der Waals surface area contributed by atoms with Crippen molar-refractivity contribution < 1.29 is 9.47 Å². The van der Waals surface area contributed by atoms with Crippen molar-refractivity contribution in [3.8, 4) is 11.5 Å². The Kier molecular flexibility index (Phi) is 3.44. The van der Waals surface area contributed by atoms with E-state index in [1.807, 2.05) is 12.1 Å². The highest BCUT2D eigenvalue weighted by Crippen LogP contribution is 2.68. The van der Waals surface area contributed by atoms with Gasteiger partial charge in [0.1, 0.15) is 11.5 Å². The first-order chi connectivity index (χ1) is 9.88. The first-order valence-electron chi connectivity index (χ1n) is 7.92. The van der Waals surface area contributed by atoms with Gasteiger partial charge in [-0.25, -0.2) is 0 Å². The minimum absolute atomic E-state index is 0.371. The van der Waals surface area contributed by atoms with Crippen LogP contribution in [0.3, 0.4) is 0 Å². The maximum Gasteiger partial charge on any atom is 0.124 e. The molecular formula is C18H27NO2. The van der Waals surface area contributed by atoms with Crippen molar-refractivity contribution in [3.05, 3.63) is 23.8 Å². The quantitative estimate of drug-likeness (QED) is 0.914. The van der Waals surface area contributed by atoms with E-state index < -0.39 is 0 Å². The van der Waals surface area contributed by atoms with Gasteiger partial charge < -0.3 is 14.8 Å². The third kappa shape index (κ3) is 2.32. The summed E-state index contributed by atoms with van der Waals surface area (Å²) in [7, 11) is 1.71. The summed E-state index contributed by atoms with van der Waals surface area (Å²) in [6, 6.07) is 6.47. The van der Waals surface area contributed by atoms with E-state index in [1.165, 1.54) is 5.56 Å². The Hall–Kier alpha value is -1.22. The molecule has 1 N–H and O–H groups in total. The van der Waals surface area contributed by atoms with Crippen LogP contribution in [-0.2, 0) is 0 Å². The molecule has 1 saturated carbocycles. The van der Waals surface area contributed by atoms with Crippen LogP contribution in [0.25, 0.3) is 0 Å². The molecule has 1 aromatic carbocycles. The lowest BCUT2D eigenvalue weighted by Crippen LogP contribution is -2.29. The van der Waals surface area contributed by atoms with E-state index in [2.05, 4.69) is 39.1 Å². The summed E-state index contributed by atoms with van der Waals surface area (Å²) in [5.41, 5.74) is 2.10. The topological polar surface area (TPSA) is 30.5 Å². The number of nitrogens with one attached hydrogen (secondary N) is 1. The SMILES string of the molecule is COc1ccc2c(c1)C(NCC1C(C)(C)C1(C)C)CCO2. The third-order valence-corrected chi connectivity index (χ3v) is 6.14. The Morgan fingerprint density at radius 1 is 1.24 bits per heavy atom. The van der Waals surface area contributed by atoms with Crippen LogP contribution in [0, 0.1) is 16.7 Å². The first kappa shape index (κ1) is 14.7. The smallest absolute Gasteiger partial charge is 0.124 e. The molecule has 1 heterocycles. The van der Waals surface area contributed by atoms with Crippen molar-refractivity contribution in [2.24, 2.45) is 16.7 Å². The van der Waals surface area contributed by atoms with Crippen LogP contribution in [0.15, 0.2) is 18.2 Å². The molecule has 0 spiro atoms. The standard InChI is InChI=1S/C18H27NO2/c1-17(2)16(18(17,3)4)11-19-14-8-9-21-15-7-6-12(20-5)10-13(14)15/h6-7,10,14,16,19H,8-9,11H2,1-5H3. The Labute approximate surface area is 128 Å². The fourth-order valence-corrected chi connectivity index (χ4v) is 3.82. The molecule has 1 fully saturated rings. The highest BCUT2D eigenvalue weighted by atomic mass is 16.5. The van der Waals surface area contributed by atoms with Gasteiger partial charge in [-0.15, -0.1) is 0 Å². The molecule has 1 aromatic rings. The molecule has 2 aliphatic rings. The van der Waals surface area contributed by atoms with Gasteiger partial charge >= 0.3 is 0 Å². The van der Waals surface area contributed by atoms with E-state index in [0.29, 0.717) is 16.9 Å². The zero-order chi connectivity index (χ0) is 15.3. The molecular weight excluding hydrogens is 262 g/mol. The predicted molar refractivity (Wildman–Crippen MR) is 84.9 cm³/mol. The summed E-state index contributed by atoms with van der Waals surface area (Å²) in [6.07, 6.45) is 1.02. The number of hydrogen-bond acceptors (Lipinski definition) is 3. The van der Waals surface area contributed by atoms with Crippen molar-refractivity contribution >= 4 is 0 Å². The molecule has 1 aliphatic heterocycles. The Morgan fingerprint density at radius 3 is 2.57 bits per heavy atom. The summed E-state index contributed by atoms with van der Waals surface area (Å²) in [5, 5.41) is 3.77. The fourth-order valence-electron chi connectivity index (χ4n) is 3.82. The van der Waals surface area contributed by atoms with Crippen LogP contribution in [0.1, 0.15) is 45.7 Å². The fraction of sp³-hybridized carbons (Fsp3) is 0.667.